The molecule has 1 saturated heterocycles. The fourth-order valence-electron chi connectivity index (χ4n) is 3.38. The molecule has 1 aliphatic carbocycles. The van der Waals surface area contributed by atoms with E-state index in [-0.39, 0.29) is 0 Å². The third-order valence-electron chi connectivity index (χ3n) is 4.65. The van der Waals surface area contributed by atoms with Gasteiger partial charge in [0.15, 0.2) is 0 Å². The van der Waals surface area contributed by atoms with Crippen LogP contribution < -0.4 is 5.32 Å². The highest BCUT2D eigenvalue weighted by atomic mass is 15.2. The van der Waals surface area contributed by atoms with Crippen LogP contribution in [0.5, 0.6) is 0 Å². The van der Waals surface area contributed by atoms with E-state index >= 15 is 0 Å². The van der Waals surface area contributed by atoms with Crippen molar-refractivity contribution in [2.24, 2.45) is 11.8 Å². The standard InChI is InChI=1S/C14H28N2/c1-10(2)15-8-11(3)12(4)16-9-13-5-6-14(16)7-13/h10-15H,5-9H2,1-4H3. The molecule has 4 atom stereocenters. The third kappa shape index (κ3) is 2.60. The van der Waals surface area contributed by atoms with Gasteiger partial charge in [-0.2, -0.15) is 0 Å². The Hall–Kier alpha value is -0.0800. The van der Waals surface area contributed by atoms with Crippen LogP contribution in [-0.4, -0.2) is 36.1 Å². The van der Waals surface area contributed by atoms with Crippen molar-refractivity contribution in [2.75, 3.05) is 13.1 Å². The largest absolute Gasteiger partial charge is 0.314 e. The molecule has 2 aliphatic rings. The molecule has 0 aromatic heterocycles. The molecule has 1 aliphatic heterocycles. The predicted molar refractivity (Wildman–Crippen MR) is 69.6 cm³/mol. The van der Waals surface area contributed by atoms with Gasteiger partial charge in [0.05, 0.1) is 0 Å². The Morgan fingerprint density at radius 2 is 1.94 bits per heavy atom. The summed E-state index contributed by atoms with van der Waals surface area (Å²) in [4.78, 5) is 2.78. The molecule has 0 aromatic carbocycles. The molecule has 2 nitrogen and oxygen atoms in total. The van der Waals surface area contributed by atoms with Crippen molar-refractivity contribution in [2.45, 2.75) is 65.1 Å². The summed E-state index contributed by atoms with van der Waals surface area (Å²) < 4.78 is 0. The van der Waals surface area contributed by atoms with Gasteiger partial charge in [0.1, 0.15) is 0 Å². The minimum absolute atomic E-state index is 0.615. The first-order valence-electron chi connectivity index (χ1n) is 7.07. The van der Waals surface area contributed by atoms with E-state index in [1.807, 2.05) is 0 Å². The number of piperidine rings is 1. The van der Waals surface area contributed by atoms with E-state index in [0.29, 0.717) is 6.04 Å². The summed E-state index contributed by atoms with van der Waals surface area (Å²) in [6, 6.07) is 2.28. The Bertz CT molecular complexity index is 227. The highest BCUT2D eigenvalue weighted by Gasteiger charge is 2.40. The van der Waals surface area contributed by atoms with Crippen molar-refractivity contribution in [1.29, 1.82) is 0 Å². The Morgan fingerprint density at radius 3 is 2.44 bits per heavy atom. The van der Waals surface area contributed by atoms with Gasteiger partial charge in [0.25, 0.3) is 0 Å². The SMILES string of the molecule is CC(C)NCC(C)C(C)N1CC2CCC1C2. The van der Waals surface area contributed by atoms with E-state index < -0.39 is 0 Å². The monoisotopic (exact) mass is 224 g/mol. The Balaban J connectivity index is 1.80. The molecular formula is C14H28N2. The second-order valence-corrected chi connectivity index (χ2v) is 6.31. The first-order chi connectivity index (χ1) is 7.58. The smallest absolute Gasteiger partial charge is 0.0108 e. The summed E-state index contributed by atoms with van der Waals surface area (Å²) in [7, 11) is 0. The normalized spacial score (nSPS) is 33.6. The summed E-state index contributed by atoms with van der Waals surface area (Å²) >= 11 is 0. The van der Waals surface area contributed by atoms with Crippen molar-refractivity contribution in [3.8, 4) is 0 Å². The fourth-order valence-corrected chi connectivity index (χ4v) is 3.38. The zero-order chi connectivity index (χ0) is 11.7. The zero-order valence-electron chi connectivity index (χ0n) is 11.4. The van der Waals surface area contributed by atoms with Crippen molar-refractivity contribution >= 4 is 0 Å². The minimum atomic E-state index is 0.615. The van der Waals surface area contributed by atoms with Crippen molar-refractivity contribution in [3.05, 3.63) is 0 Å². The summed E-state index contributed by atoms with van der Waals surface area (Å²) in [5.74, 6) is 1.79. The molecule has 1 heterocycles. The Labute approximate surface area is 101 Å². The first kappa shape index (κ1) is 12.4. The van der Waals surface area contributed by atoms with Crippen LogP contribution >= 0.6 is 0 Å². The van der Waals surface area contributed by atoms with Crippen LogP contribution in [-0.2, 0) is 0 Å². The van der Waals surface area contributed by atoms with Crippen molar-refractivity contribution in [3.63, 3.8) is 0 Å². The van der Waals surface area contributed by atoms with E-state index in [9.17, 15) is 0 Å². The van der Waals surface area contributed by atoms with Crippen LogP contribution in [0.2, 0.25) is 0 Å². The highest BCUT2D eigenvalue weighted by molar-refractivity contribution is 4.95. The molecule has 1 saturated carbocycles. The molecule has 2 rings (SSSR count). The van der Waals surface area contributed by atoms with Gasteiger partial charge in [-0.3, -0.25) is 4.90 Å². The molecule has 0 amide bonds. The van der Waals surface area contributed by atoms with Gasteiger partial charge in [-0.25, -0.2) is 0 Å². The number of hydrogen-bond donors (Lipinski definition) is 1. The van der Waals surface area contributed by atoms with Gasteiger partial charge < -0.3 is 5.32 Å². The number of nitrogens with zero attached hydrogens (tertiary/aromatic N) is 1. The molecule has 2 bridgehead atoms. The third-order valence-corrected chi connectivity index (χ3v) is 4.65. The van der Waals surface area contributed by atoms with Crippen LogP contribution in [0.25, 0.3) is 0 Å². The summed E-state index contributed by atoms with van der Waals surface area (Å²) in [5.41, 5.74) is 0. The van der Waals surface area contributed by atoms with Gasteiger partial charge in [-0.05, 0) is 44.6 Å². The lowest BCUT2D eigenvalue weighted by Crippen LogP contribution is -2.45. The summed E-state index contributed by atoms with van der Waals surface area (Å²) in [5, 5.41) is 3.57. The van der Waals surface area contributed by atoms with Crippen LogP contribution in [0, 0.1) is 11.8 Å². The quantitative estimate of drug-likeness (QED) is 0.772. The van der Waals surface area contributed by atoms with Crippen molar-refractivity contribution in [1.82, 2.24) is 10.2 Å². The molecule has 2 fully saturated rings. The first-order valence-corrected chi connectivity index (χ1v) is 7.07. The maximum atomic E-state index is 3.57. The van der Waals surface area contributed by atoms with Crippen LogP contribution in [0.15, 0.2) is 0 Å². The lowest BCUT2D eigenvalue weighted by atomic mass is 9.99. The van der Waals surface area contributed by atoms with E-state index in [1.165, 1.54) is 25.8 Å². The van der Waals surface area contributed by atoms with Crippen LogP contribution in [0.1, 0.15) is 47.0 Å². The molecule has 0 spiro atoms. The molecule has 2 heteroatoms. The van der Waals surface area contributed by atoms with Crippen molar-refractivity contribution < 1.29 is 0 Å². The van der Waals surface area contributed by atoms with E-state index in [1.54, 1.807) is 0 Å². The maximum Gasteiger partial charge on any atom is 0.0108 e. The molecular weight excluding hydrogens is 196 g/mol. The summed E-state index contributed by atoms with van der Waals surface area (Å²) in [6.45, 7) is 11.8. The summed E-state index contributed by atoms with van der Waals surface area (Å²) in [6.07, 6.45) is 4.43. The molecule has 0 aromatic rings. The number of likely N-dealkylation sites (tertiary alicyclic amines) is 1. The lowest BCUT2D eigenvalue weighted by Gasteiger charge is -2.36. The minimum Gasteiger partial charge on any atom is -0.314 e. The average molecular weight is 224 g/mol. The zero-order valence-corrected chi connectivity index (χ0v) is 11.4. The second kappa shape index (κ2) is 5.05. The van der Waals surface area contributed by atoms with Gasteiger partial charge >= 0.3 is 0 Å². The van der Waals surface area contributed by atoms with E-state index in [2.05, 4.69) is 37.9 Å². The number of rotatable bonds is 5. The molecule has 16 heavy (non-hydrogen) atoms. The Kier molecular flexibility index (Phi) is 3.91. The van der Waals surface area contributed by atoms with Gasteiger partial charge in [-0.15, -0.1) is 0 Å². The van der Waals surface area contributed by atoms with Crippen LogP contribution in [0.3, 0.4) is 0 Å². The molecule has 94 valence electrons. The maximum absolute atomic E-state index is 3.57. The number of fused-ring (bicyclic) bond motifs is 2. The van der Waals surface area contributed by atoms with Gasteiger partial charge in [0.2, 0.25) is 0 Å². The fraction of sp³-hybridized carbons (Fsp3) is 1.00. The van der Waals surface area contributed by atoms with E-state index in [4.69, 9.17) is 0 Å². The van der Waals surface area contributed by atoms with Gasteiger partial charge in [-0.1, -0.05) is 20.8 Å². The second-order valence-electron chi connectivity index (χ2n) is 6.31. The Morgan fingerprint density at radius 1 is 1.19 bits per heavy atom. The molecule has 1 N–H and O–H groups in total. The van der Waals surface area contributed by atoms with Gasteiger partial charge in [0, 0.05) is 24.7 Å². The molecule has 0 radical (unpaired) electrons. The van der Waals surface area contributed by atoms with E-state index in [0.717, 1.165) is 30.5 Å². The molecule has 4 unspecified atom stereocenters. The number of nitrogens with one attached hydrogen (secondary N) is 1. The average Bonchev–Trinajstić information content (AvgIpc) is 2.86. The van der Waals surface area contributed by atoms with Crippen LogP contribution in [0.4, 0.5) is 0 Å². The number of hydrogen-bond acceptors (Lipinski definition) is 2. The highest BCUT2D eigenvalue weighted by Crippen LogP contribution is 2.39. The predicted octanol–water partition coefficient (Wildman–Crippen LogP) is 2.49. The topological polar surface area (TPSA) is 15.3 Å². The lowest BCUT2D eigenvalue weighted by molar-refractivity contribution is 0.120.